The molecule has 3 aliphatic carbocycles. The highest BCUT2D eigenvalue weighted by Crippen LogP contribution is 2.41. The lowest BCUT2D eigenvalue weighted by Crippen LogP contribution is -2.31. The minimum atomic E-state index is -0.968. The molecule has 0 spiro atoms. The van der Waals surface area contributed by atoms with Gasteiger partial charge in [-0.05, 0) is 56.2 Å². The molecule has 3 fully saturated rings. The Labute approximate surface area is 192 Å². The van der Waals surface area contributed by atoms with Crippen LogP contribution in [0.25, 0.3) is 11.1 Å². The van der Waals surface area contributed by atoms with Crippen LogP contribution in [0.1, 0.15) is 56.9 Å². The van der Waals surface area contributed by atoms with Crippen LogP contribution >= 0.6 is 0 Å². The average Bonchev–Trinajstić information content (AvgIpc) is 3.73. The molecule has 176 valence electrons. The summed E-state index contributed by atoms with van der Waals surface area (Å²) in [6.45, 7) is 0.284. The van der Waals surface area contributed by atoms with Crippen molar-refractivity contribution in [2.75, 3.05) is 12.4 Å². The van der Waals surface area contributed by atoms with Gasteiger partial charge in [0, 0.05) is 23.4 Å². The summed E-state index contributed by atoms with van der Waals surface area (Å²) in [6.07, 6.45) is 9.05. The number of hydrogen-bond acceptors (Lipinski definition) is 6. The number of carboxylic acids is 1. The average molecular weight is 457 g/mol. The summed E-state index contributed by atoms with van der Waals surface area (Å²) in [5.74, 6) is -0.245. The molecule has 0 bridgehead atoms. The molecule has 33 heavy (non-hydrogen) atoms. The first-order valence-electron chi connectivity index (χ1n) is 11.6. The first-order chi connectivity index (χ1) is 16.0. The van der Waals surface area contributed by atoms with Gasteiger partial charge in [-0.1, -0.05) is 12.8 Å². The molecular weight excluding hydrogens is 427 g/mol. The molecule has 1 aromatic carbocycles. The molecule has 3 aliphatic rings. The SMILES string of the molecule is COc1cc(OC2CC2)c(F)c(-c2cnc(NC3(C(=O)O)CC3)cc2COC2CCCC2)c1. The van der Waals surface area contributed by atoms with Crippen LogP contribution in [0, 0.1) is 5.82 Å². The maximum absolute atomic E-state index is 15.5. The number of carbonyl (C=O) groups is 1. The summed E-state index contributed by atoms with van der Waals surface area (Å²) in [7, 11) is 1.54. The predicted molar refractivity (Wildman–Crippen MR) is 120 cm³/mol. The Hall–Kier alpha value is -2.87. The van der Waals surface area contributed by atoms with Crippen LogP contribution in [-0.4, -0.2) is 40.9 Å². The Bertz CT molecular complexity index is 1050. The zero-order valence-corrected chi connectivity index (χ0v) is 18.7. The van der Waals surface area contributed by atoms with Crippen molar-refractivity contribution in [2.24, 2.45) is 0 Å². The van der Waals surface area contributed by atoms with Crippen LogP contribution in [0.4, 0.5) is 10.2 Å². The maximum Gasteiger partial charge on any atom is 0.329 e. The number of nitrogens with one attached hydrogen (secondary N) is 1. The number of pyridine rings is 1. The third kappa shape index (κ3) is 4.76. The third-order valence-electron chi connectivity index (χ3n) is 6.65. The Morgan fingerprint density at radius 2 is 1.91 bits per heavy atom. The zero-order chi connectivity index (χ0) is 23.0. The van der Waals surface area contributed by atoms with Gasteiger partial charge in [-0.25, -0.2) is 14.2 Å². The van der Waals surface area contributed by atoms with Crippen LogP contribution in [0.15, 0.2) is 24.4 Å². The van der Waals surface area contributed by atoms with Gasteiger partial charge in [0.25, 0.3) is 0 Å². The number of hydrogen-bond donors (Lipinski definition) is 2. The van der Waals surface area contributed by atoms with Gasteiger partial charge in [-0.15, -0.1) is 0 Å². The van der Waals surface area contributed by atoms with Crippen molar-refractivity contribution in [1.29, 1.82) is 0 Å². The van der Waals surface area contributed by atoms with Gasteiger partial charge in [0.1, 0.15) is 17.1 Å². The standard InChI is InChI=1S/C25H29FN2O5/c1-31-18-11-19(23(26)21(12-18)33-17-6-7-17)20-13-27-22(28-25(8-9-25)24(29)30)10-15(20)14-32-16-4-2-3-5-16/h10-13,16-17H,2-9,14H2,1H3,(H,27,28)(H,29,30). The fraction of sp³-hybridized carbons (Fsp3) is 0.520. The number of carboxylic acid groups (broad SMARTS) is 1. The lowest BCUT2D eigenvalue weighted by molar-refractivity contribution is -0.138. The van der Waals surface area contributed by atoms with E-state index >= 15 is 4.39 Å². The van der Waals surface area contributed by atoms with Crippen molar-refractivity contribution in [2.45, 2.75) is 75.7 Å². The van der Waals surface area contributed by atoms with Crippen molar-refractivity contribution in [3.05, 3.63) is 35.8 Å². The smallest absolute Gasteiger partial charge is 0.329 e. The predicted octanol–water partition coefficient (Wildman–Crippen LogP) is 4.93. The number of benzene rings is 1. The molecule has 3 saturated carbocycles. The molecule has 5 rings (SSSR count). The summed E-state index contributed by atoms with van der Waals surface area (Å²) >= 11 is 0. The Balaban J connectivity index is 1.50. The van der Waals surface area contributed by atoms with Crippen LogP contribution in [-0.2, 0) is 16.1 Å². The molecule has 0 radical (unpaired) electrons. The van der Waals surface area contributed by atoms with E-state index < -0.39 is 17.3 Å². The number of aliphatic carboxylic acids is 1. The topological polar surface area (TPSA) is 89.9 Å². The van der Waals surface area contributed by atoms with E-state index in [1.54, 1.807) is 24.4 Å². The van der Waals surface area contributed by atoms with E-state index in [4.69, 9.17) is 14.2 Å². The molecule has 0 aliphatic heterocycles. The van der Waals surface area contributed by atoms with Gasteiger partial charge >= 0.3 is 5.97 Å². The number of halogens is 1. The van der Waals surface area contributed by atoms with E-state index in [9.17, 15) is 9.90 Å². The number of nitrogens with zero attached hydrogens (tertiary/aromatic N) is 1. The summed E-state index contributed by atoms with van der Waals surface area (Å²) in [5.41, 5.74) is 0.680. The van der Waals surface area contributed by atoms with Crippen LogP contribution < -0.4 is 14.8 Å². The van der Waals surface area contributed by atoms with Crippen LogP contribution in [0.5, 0.6) is 11.5 Å². The van der Waals surface area contributed by atoms with Crippen LogP contribution in [0.2, 0.25) is 0 Å². The second kappa shape index (κ2) is 8.82. The molecule has 1 aromatic heterocycles. The molecule has 0 amide bonds. The lowest BCUT2D eigenvalue weighted by atomic mass is 10.0. The maximum atomic E-state index is 15.5. The summed E-state index contributed by atoms with van der Waals surface area (Å²) in [4.78, 5) is 16.0. The molecule has 1 heterocycles. The second-order valence-corrected chi connectivity index (χ2v) is 9.26. The highest BCUT2D eigenvalue weighted by Gasteiger charge is 2.50. The number of ether oxygens (including phenoxy) is 3. The number of methoxy groups -OCH3 is 1. The molecule has 0 saturated heterocycles. The van der Waals surface area contributed by atoms with Gasteiger partial charge in [0.2, 0.25) is 0 Å². The number of rotatable bonds is 10. The van der Waals surface area contributed by atoms with E-state index in [1.165, 1.54) is 7.11 Å². The lowest BCUT2D eigenvalue weighted by Gasteiger charge is -2.19. The van der Waals surface area contributed by atoms with E-state index in [0.29, 0.717) is 35.5 Å². The highest BCUT2D eigenvalue weighted by molar-refractivity contribution is 5.86. The van der Waals surface area contributed by atoms with Crippen molar-refractivity contribution in [3.8, 4) is 22.6 Å². The minimum Gasteiger partial charge on any atom is -0.497 e. The normalized spacial score (nSPS) is 19.3. The molecular formula is C25H29FN2O5. The fourth-order valence-corrected chi connectivity index (χ4v) is 4.29. The highest BCUT2D eigenvalue weighted by atomic mass is 19.1. The number of aromatic nitrogens is 1. The summed E-state index contributed by atoms with van der Waals surface area (Å²) in [6, 6.07) is 4.98. The van der Waals surface area contributed by atoms with Crippen LogP contribution in [0.3, 0.4) is 0 Å². The van der Waals surface area contributed by atoms with E-state index in [0.717, 1.165) is 44.1 Å². The fourth-order valence-electron chi connectivity index (χ4n) is 4.29. The van der Waals surface area contributed by atoms with Gasteiger partial charge in [0.05, 0.1) is 25.9 Å². The molecule has 0 atom stereocenters. The van der Waals surface area contributed by atoms with E-state index in [1.807, 2.05) is 0 Å². The van der Waals surface area contributed by atoms with Crippen molar-refractivity contribution in [1.82, 2.24) is 4.98 Å². The van der Waals surface area contributed by atoms with Crippen molar-refractivity contribution in [3.63, 3.8) is 0 Å². The quantitative estimate of drug-likeness (QED) is 0.524. The largest absolute Gasteiger partial charge is 0.497 e. The van der Waals surface area contributed by atoms with Crippen molar-refractivity contribution >= 4 is 11.8 Å². The Morgan fingerprint density at radius 1 is 1.15 bits per heavy atom. The second-order valence-electron chi connectivity index (χ2n) is 9.26. The van der Waals surface area contributed by atoms with Gasteiger partial charge in [-0.3, -0.25) is 0 Å². The third-order valence-corrected chi connectivity index (χ3v) is 6.65. The van der Waals surface area contributed by atoms with Gasteiger partial charge in [0.15, 0.2) is 11.6 Å². The van der Waals surface area contributed by atoms with Gasteiger partial charge < -0.3 is 24.6 Å². The summed E-state index contributed by atoms with van der Waals surface area (Å²) < 4.78 is 32.9. The molecule has 7 nitrogen and oxygen atoms in total. The van der Waals surface area contributed by atoms with Gasteiger partial charge in [-0.2, -0.15) is 0 Å². The van der Waals surface area contributed by atoms with E-state index in [2.05, 4.69) is 10.3 Å². The molecule has 2 aromatic rings. The Morgan fingerprint density at radius 3 is 2.55 bits per heavy atom. The summed E-state index contributed by atoms with van der Waals surface area (Å²) in [5, 5.41) is 12.6. The molecule has 2 N–H and O–H groups in total. The Kier molecular flexibility index (Phi) is 5.86. The minimum absolute atomic E-state index is 0.0417. The molecule has 0 unspecified atom stereocenters. The van der Waals surface area contributed by atoms with E-state index in [-0.39, 0.29) is 24.6 Å². The first kappa shape index (κ1) is 21.9. The first-order valence-corrected chi connectivity index (χ1v) is 11.6. The van der Waals surface area contributed by atoms with Crippen molar-refractivity contribution < 1.29 is 28.5 Å². The monoisotopic (exact) mass is 456 g/mol. The molecule has 8 heteroatoms. The zero-order valence-electron chi connectivity index (χ0n) is 18.7. The number of anilines is 1.